The van der Waals surface area contributed by atoms with E-state index in [1.807, 2.05) is 0 Å². The van der Waals surface area contributed by atoms with Crippen LogP contribution in [0.1, 0.15) is 20.3 Å². The molecule has 26 atom stereocenters. The number of hydrogen-bond acceptors (Lipinski definition) is 25. The van der Waals surface area contributed by atoms with E-state index in [0.717, 1.165) is 0 Å². The zero-order valence-corrected chi connectivity index (χ0v) is 31.4. The summed E-state index contributed by atoms with van der Waals surface area (Å²) in [6, 6.07) is -0.882. The smallest absolute Gasteiger partial charge is 0.187 e. The lowest BCUT2D eigenvalue weighted by Crippen LogP contribution is -2.68. The van der Waals surface area contributed by atoms with Crippen LogP contribution in [-0.2, 0) is 47.4 Å². The summed E-state index contributed by atoms with van der Waals surface area (Å²) in [7, 11) is 0. The molecular weight excluding hydrogens is 794 g/mol. The van der Waals surface area contributed by atoms with Gasteiger partial charge in [-0.05, 0) is 13.3 Å². The molecule has 6 heterocycles. The molecule has 6 saturated heterocycles. The normalized spacial score (nSPS) is 54.0. The Kier molecular flexibility index (Phi) is 15.7. The molecule has 25 heteroatoms. The van der Waals surface area contributed by atoms with Gasteiger partial charge in [0.1, 0.15) is 116 Å². The van der Waals surface area contributed by atoms with Crippen LogP contribution < -0.4 is 5.32 Å². The molecule has 0 aromatic carbocycles. The van der Waals surface area contributed by atoms with Gasteiger partial charge >= 0.3 is 0 Å². The molecule has 6 aliphatic heterocycles. The summed E-state index contributed by atoms with van der Waals surface area (Å²) in [5.74, 6) is 0. The van der Waals surface area contributed by atoms with Gasteiger partial charge in [0.05, 0.1) is 38.6 Å². The molecular formula is C33H57NO24. The zero-order valence-electron chi connectivity index (χ0n) is 31.4. The molecule has 25 nitrogen and oxygen atoms in total. The first-order valence-electron chi connectivity index (χ1n) is 19.1. The summed E-state index contributed by atoms with van der Waals surface area (Å²) >= 11 is 0. The third kappa shape index (κ3) is 9.20. The van der Waals surface area contributed by atoms with Gasteiger partial charge in [0.25, 0.3) is 0 Å². The summed E-state index contributed by atoms with van der Waals surface area (Å²) in [4.78, 5) is 0. The molecule has 0 bridgehead atoms. The molecule has 0 spiro atoms. The second kappa shape index (κ2) is 19.6. The summed E-state index contributed by atoms with van der Waals surface area (Å²) in [5, 5.41) is 152. The van der Waals surface area contributed by atoms with Gasteiger partial charge in [-0.3, -0.25) is 5.32 Å². The highest BCUT2D eigenvalue weighted by atomic mass is 16.8. The Morgan fingerprint density at radius 3 is 1.55 bits per heavy atom. The van der Waals surface area contributed by atoms with Crippen LogP contribution in [0.15, 0.2) is 0 Å². The van der Waals surface area contributed by atoms with Crippen molar-refractivity contribution in [1.29, 1.82) is 0 Å². The largest absolute Gasteiger partial charge is 0.394 e. The minimum Gasteiger partial charge on any atom is -0.394 e. The lowest BCUT2D eigenvalue weighted by molar-refractivity contribution is -0.395. The third-order valence-electron chi connectivity index (χ3n) is 11.3. The fourth-order valence-corrected chi connectivity index (χ4v) is 7.89. The molecule has 6 fully saturated rings. The predicted molar refractivity (Wildman–Crippen MR) is 179 cm³/mol. The van der Waals surface area contributed by atoms with Crippen molar-refractivity contribution in [2.75, 3.05) is 26.4 Å². The van der Waals surface area contributed by atoms with E-state index in [2.05, 4.69) is 5.32 Å². The van der Waals surface area contributed by atoms with Gasteiger partial charge in [0, 0.05) is 0 Å². The summed E-state index contributed by atoms with van der Waals surface area (Å²) < 4.78 is 57.5. The monoisotopic (exact) mass is 851 g/mol. The van der Waals surface area contributed by atoms with Gasteiger partial charge in [0.15, 0.2) is 31.5 Å². The lowest BCUT2D eigenvalue weighted by Gasteiger charge is -2.49. The molecule has 6 rings (SSSR count). The Morgan fingerprint density at radius 1 is 0.431 bits per heavy atom. The minimum absolute atomic E-state index is 0.138. The number of nitrogens with one attached hydrogen (secondary N) is 1. The van der Waals surface area contributed by atoms with Crippen LogP contribution in [0.2, 0.25) is 0 Å². The van der Waals surface area contributed by atoms with E-state index in [-0.39, 0.29) is 6.42 Å². The highest BCUT2D eigenvalue weighted by molar-refractivity contribution is 5.00. The number of ether oxygens (including phenoxy) is 10. The first-order valence-corrected chi connectivity index (χ1v) is 19.1. The molecule has 0 aromatic rings. The average Bonchev–Trinajstić information content (AvgIpc) is 3.60. The molecule has 11 unspecified atom stereocenters. The zero-order chi connectivity index (χ0) is 42.3. The summed E-state index contributed by atoms with van der Waals surface area (Å²) in [5.41, 5.74) is 0. The Labute approximate surface area is 330 Å². The van der Waals surface area contributed by atoms with Crippen LogP contribution >= 0.6 is 0 Å². The van der Waals surface area contributed by atoms with E-state index in [4.69, 9.17) is 47.4 Å². The summed E-state index contributed by atoms with van der Waals surface area (Å²) in [6.07, 6.45) is -40.9. The fourth-order valence-electron chi connectivity index (χ4n) is 7.89. The first-order chi connectivity index (χ1) is 27.5. The molecule has 0 amide bonds. The van der Waals surface area contributed by atoms with E-state index >= 15 is 0 Å². The third-order valence-corrected chi connectivity index (χ3v) is 11.3. The highest BCUT2D eigenvalue weighted by Gasteiger charge is 2.57. The van der Waals surface area contributed by atoms with Gasteiger partial charge in [0.2, 0.25) is 0 Å². The van der Waals surface area contributed by atoms with Crippen LogP contribution in [-0.4, -0.2) is 258 Å². The maximum atomic E-state index is 11.7. The van der Waals surface area contributed by atoms with E-state index in [1.165, 1.54) is 0 Å². The van der Waals surface area contributed by atoms with Crippen LogP contribution in [0.5, 0.6) is 0 Å². The molecule has 0 saturated carbocycles. The van der Waals surface area contributed by atoms with Crippen LogP contribution in [0.25, 0.3) is 0 Å². The van der Waals surface area contributed by atoms with Crippen molar-refractivity contribution in [3.8, 4) is 0 Å². The molecule has 0 aliphatic carbocycles. The fraction of sp³-hybridized carbons (Fsp3) is 1.00. The van der Waals surface area contributed by atoms with Crippen LogP contribution in [0.4, 0.5) is 0 Å². The second-order valence-corrected chi connectivity index (χ2v) is 15.2. The molecule has 6 aliphatic rings. The van der Waals surface area contributed by atoms with E-state index in [0.29, 0.717) is 0 Å². The van der Waals surface area contributed by atoms with Gasteiger partial charge in [-0.1, -0.05) is 6.92 Å². The number of aliphatic hydroxyl groups is 14. The first kappa shape index (κ1) is 46.5. The van der Waals surface area contributed by atoms with Crippen molar-refractivity contribution >= 4 is 0 Å². The van der Waals surface area contributed by atoms with Crippen molar-refractivity contribution in [1.82, 2.24) is 5.32 Å². The maximum absolute atomic E-state index is 11.7. The quantitative estimate of drug-likeness (QED) is 0.0818. The van der Waals surface area contributed by atoms with E-state index in [1.54, 1.807) is 13.8 Å². The molecule has 58 heavy (non-hydrogen) atoms. The molecule has 338 valence electrons. The topological polar surface area (TPSA) is 388 Å². The number of fused-ring (bicyclic) bond motifs is 1. The van der Waals surface area contributed by atoms with Gasteiger partial charge < -0.3 is 119 Å². The van der Waals surface area contributed by atoms with Crippen LogP contribution in [0.3, 0.4) is 0 Å². The average molecular weight is 852 g/mol. The molecule has 15 N–H and O–H groups in total. The maximum Gasteiger partial charge on any atom is 0.187 e. The Hall–Kier alpha value is -1.00. The SMILES string of the molecule is CC[C@@H]1O[C@H](OC2C(O)[C@H](O)[C@H](CO)O[C@@H]2O[C@@H]2C(O)[C@H](O[C@@H]3C(CO)O[C@@H]4OC(C)NC4[C@H]3O)OC(CO[C@H]3OC(CO)[C@@H](O)[C@H](O)C3O)[C@H]2O)C(O)C(O)[C@@H]1O. The number of aliphatic hydroxyl groups excluding tert-OH is 14. The van der Waals surface area contributed by atoms with E-state index < -0.39 is 186 Å². The van der Waals surface area contributed by atoms with Crippen LogP contribution in [0, 0.1) is 0 Å². The standard InChI is InChI=1S/C33H57NO24/c1-3-9-15(38)20(43)24(47)31(51-9)58-28-22(45)17(40)11(5-36)53-33(28)57-27-18(41)13(7-49-30-23(46)21(44)16(39)10(4-35)52-30)55-32(25(27)48)56-26-12(6-37)54-29-14(19(26)42)34-8(2)50-29/h8-48H,3-7H2,1-2H3/t8?,9-,10?,11-,12?,13?,14?,15+,16+,17+,18+,19+,20?,21-,22?,23?,24?,25?,26+,27-,28?,29-,30-,31+,32-,33+/m0/s1. The van der Waals surface area contributed by atoms with Gasteiger partial charge in [-0.25, -0.2) is 0 Å². The van der Waals surface area contributed by atoms with E-state index in [9.17, 15) is 71.5 Å². The minimum atomic E-state index is -2.06. The number of hydrogen-bond donors (Lipinski definition) is 15. The molecule has 0 aromatic heterocycles. The van der Waals surface area contributed by atoms with Crippen molar-refractivity contribution in [2.24, 2.45) is 0 Å². The van der Waals surface area contributed by atoms with Gasteiger partial charge in [-0.15, -0.1) is 0 Å². The Balaban J connectivity index is 1.27. The van der Waals surface area contributed by atoms with Crippen molar-refractivity contribution in [3.63, 3.8) is 0 Å². The van der Waals surface area contributed by atoms with Crippen molar-refractivity contribution in [3.05, 3.63) is 0 Å². The predicted octanol–water partition coefficient (Wildman–Crippen LogP) is -9.53. The second-order valence-electron chi connectivity index (χ2n) is 15.2. The highest BCUT2D eigenvalue weighted by Crippen LogP contribution is 2.36. The lowest BCUT2D eigenvalue weighted by atomic mass is 9.95. The molecule has 0 radical (unpaired) electrons. The van der Waals surface area contributed by atoms with Crippen molar-refractivity contribution in [2.45, 2.75) is 180 Å². The Bertz CT molecular complexity index is 1290. The summed E-state index contributed by atoms with van der Waals surface area (Å²) in [6.45, 7) is 0.106. The van der Waals surface area contributed by atoms with Gasteiger partial charge in [-0.2, -0.15) is 0 Å². The van der Waals surface area contributed by atoms with Crippen molar-refractivity contribution < 1.29 is 119 Å². The Morgan fingerprint density at radius 2 is 0.931 bits per heavy atom. The number of rotatable bonds is 13.